The number of carboxylic acid groups (broad SMARTS) is 2. The van der Waals surface area contributed by atoms with E-state index in [0.29, 0.717) is 11.1 Å². The molecule has 0 fully saturated rings. The minimum absolute atomic E-state index is 0.165. The summed E-state index contributed by atoms with van der Waals surface area (Å²) in [6.45, 7) is 3.03. The van der Waals surface area contributed by atoms with Crippen molar-refractivity contribution in [1.29, 1.82) is 0 Å². The van der Waals surface area contributed by atoms with Crippen LogP contribution >= 0.6 is 0 Å². The summed E-state index contributed by atoms with van der Waals surface area (Å²) in [5.74, 6) is -2.05. The SMILES string of the molecule is CC(=CC(=C(C=C(C)C(=O)O)c1ccccc1)c1ccccc1)C(=O)O. The van der Waals surface area contributed by atoms with Crippen LogP contribution in [0.25, 0.3) is 11.1 Å². The van der Waals surface area contributed by atoms with E-state index in [2.05, 4.69) is 0 Å². The van der Waals surface area contributed by atoms with Crippen LogP contribution in [-0.4, -0.2) is 22.2 Å². The average Bonchev–Trinajstić information content (AvgIpc) is 2.65. The Morgan fingerprint density at radius 1 is 0.654 bits per heavy atom. The number of aliphatic carboxylic acids is 2. The molecule has 2 N–H and O–H groups in total. The summed E-state index contributed by atoms with van der Waals surface area (Å²) in [6, 6.07) is 18.6. The number of allylic oxidation sites excluding steroid dienone is 4. The molecule has 4 heteroatoms. The van der Waals surface area contributed by atoms with Crippen molar-refractivity contribution in [3.63, 3.8) is 0 Å². The maximum atomic E-state index is 11.4. The van der Waals surface area contributed by atoms with Crippen LogP contribution in [0.4, 0.5) is 0 Å². The lowest BCUT2D eigenvalue weighted by Gasteiger charge is -2.12. The zero-order chi connectivity index (χ0) is 19.1. The van der Waals surface area contributed by atoms with E-state index in [-0.39, 0.29) is 11.1 Å². The number of hydrogen-bond donors (Lipinski definition) is 2. The average molecular weight is 348 g/mol. The maximum Gasteiger partial charge on any atom is 0.331 e. The van der Waals surface area contributed by atoms with Gasteiger partial charge in [0.2, 0.25) is 0 Å². The van der Waals surface area contributed by atoms with Crippen molar-refractivity contribution in [1.82, 2.24) is 0 Å². The Kier molecular flexibility index (Phi) is 6.28. The minimum Gasteiger partial charge on any atom is -0.478 e. The molecule has 0 unspecified atom stereocenters. The van der Waals surface area contributed by atoms with Gasteiger partial charge in [0.05, 0.1) is 0 Å². The third-order valence-corrected chi connectivity index (χ3v) is 3.86. The molecule has 4 nitrogen and oxygen atoms in total. The van der Waals surface area contributed by atoms with E-state index in [0.717, 1.165) is 11.1 Å². The van der Waals surface area contributed by atoms with Crippen LogP contribution in [0.15, 0.2) is 84.0 Å². The first kappa shape index (κ1) is 18.9. The monoisotopic (exact) mass is 348 g/mol. The number of rotatable bonds is 6. The Hall–Kier alpha value is -3.40. The molecule has 26 heavy (non-hydrogen) atoms. The van der Waals surface area contributed by atoms with Crippen LogP contribution in [0, 0.1) is 0 Å². The third kappa shape index (κ3) is 4.80. The molecule has 0 heterocycles. The normalized spacial score (nSPS) is 13.2. The molecule has 0 aliphatic heterocycles. The largest absolute Gasteiger partial charge is 0.478 e. The fraction of sp³-hybridized carbons (Fsp3) is 0.0909. The lowest BCUT2D eigenvalue weighted by Crippen LogP contribution is -2.00. The second-order valence-corrected chi connectivity index (χ2v) is 5.82. The number of carboxylic acids is 2. The van der Waals surface area contributed by atoms with Gasteiger partial charge in [-0.25, -0.2) is 9.59 Å². The van der Waals surface area contributed by atoms with Crippen LogP contribution in [-0.2, 0) is 9.59 Å². The Morgan fingerprint density at radius 2 is 0.962 bits per heavy atom. The van der Waals surface area contributed by atoms with Gasteiger partial charge in [-0.05, 0) is 48.3 Å². The first-order valence-electron chi connectivity index (χ1n) is 8.08. The van der Waals surface area contributed by atoms with E-state index < -0.39 is 11.9 Å². The Morgan fingerprint density at radius 3 is 1.23 bits per heavy atom. The summed E-state index contributed by atoms with van der Waals surface area (Å²) in [6.07, 6.45) is 3.15. The van der Waals surface area contributed by atoms with Crippen molar-refractivity contribution in [3.8, 4) is 0 Å². The fourth-order valence-electron chi connectivity index (χ4n) is 2.43. The van der Waals surface area contributed by atoms with Gasteiger partial charge in [0.1, 0.15) is 0 Å². The van der Waals surface area contributed by atoms with Crippen LogP contribution in [0.5, 0.6) is 0 Å². The van der Waals surface area contributed by atoms with E-state index in [1.54, 1.807) is 12.2 Å². The van der Waals surface area contributed by atoms with Crippen molar-refractivity contribution < 1.29 is 19.8 Å². The molecule has 0 saturated heterocycles. The molecule has 2 aromatic carbocycles. The van der Waals surface area contributed by atoms with Crippen LogP contribution in [0.3, 0.4) is 0 Å². The summed E-state index contributed by atoms with van der Waals surface area (Å²) < 4.78 is 0. The second-order valence-electron chi connectivity index (χ2n) is 5.82. The highest BCUT2D eigenvalue weighted by molar-refractivity contribution is 6.04. The van der Waals surface area contributed by atoms with Crippen LogP contribution in [0.1, 0.15) is 25.0 Å². The summed E-state index contributed by atoms with van der Waals surface area (Å²) in [5, 5.41) is 18.6. The molecule has 0 aliphatic rings. The Balaban J connectivity index is 2.86. The zero-order valence-electron chi connectivity index (χ0n) is 14.6. The predicted molar refractivity (Wildman–Crippen MR) is 102 cm³/mol. The molecule has 0 bridgehead atoms. The van der Waals surface area contributed by atoms with Gasteiger partial charge < -0.3 is 10.2 Å². The first-order valence-corrected chi connectivity index (χ1v) is 8.08. The van der Waals surface area contributed by atoms with E-state index >= 15 is 0 Å². The molecule has 0 saturated carbocycles. The lowest BCUT2D eigenvalue weighted by molar-refractivity contribution is -0.133. The highest BCUT2D eigenvalue weighted by atomic mass is 16.4. The number of carbonyl (C=O) groups is 2. The van der Waals surface area contributed by atoms with E-state index in [4.69, 9.17) is 0 Å². The number of benzene rings is 2. The molecular formula is C22H20O4. The quantitative estimate of drug-likeness (QED) is 0.452. The zero-order valence-corrected chi connectivity index (χ0v) is 14.6. The molecule has 132 valence electrons. The molecule has 2 rings (SSSR count). The predicted octanol–water partition coefficient (Wildman–Crippen LogP) is 4.66. The fourth-order valence-corrected chi connectivity index (χ4v) is 2.43. The van der Waals surface area contributed by atoms with Crippen molar-refractivity contribution >= 4 is 23.1 Å². The highest BCUT2D eigenvalue weighted by Gasteiger charge is 2.12. The molecule has 0 radical (unpaired) electrons. The standard InChI is InChI=1S/C22H20O4/c1-15(21(23)24)13-19(17-9-5-3-6-10-17)20(14-16(2)22(25)26)18-11-7-4-8-12-18/h3-14H,1-2H3,(H,23,24)(H,25,26). The Bertz CT molecular complexity index is 813. The molecular weight excluding hydrogens is 328 g/mol. The van der Waals surface area contributed by atoms with Gasteiger partial charge in [0.25, 0.3) is 0 Å². The van der Waals surface area contributed by atoms with Crippen LogP contribution < -0.4 is 0 Å². The highest BCUT2D eigenvalue weighted by Crippen LogP contribution is 2.30. The lowest BCUT2D eigenvalue weighted by atomic mass is 9.92. The topological polar surface area (TPSA) is 74.6 Å². The van der Waals surface area contributed by atoms with Gasteiger partial charge in [-0.2, -0.15) is 0 Å². The van der Waals surface area contributed by atoms with Gasteiger partial charge in [-0.1, -0.05) is 60.7 Å². The second kappa shape index (κ2) is 8.62. The molecule has 0 aromatic heterocycles. The van der Waals surface area contributed by atoms with Crippen LogP contribution in [0.2, 0.25) is 0 Å². The van der Waals surface area contributed by atoms with Gasteiger partial charge in [0, 0.05) is 11.1 Å². The van der Waals surface area contributed by atoms with Crippen molar-refractivity contribution in [3.05, 3.63) is 95.1 Å². The summed E-state index contributed by atoms with van der Waals surface area (Å²) in [7, 11) is 0. The van der Waals surface area contributed by atoms with Crippen molar-refractivity contribution in [2.45, 2.75) is 13.8 Å². The van der Waals surface area contributed by atoms with Gasteiger partial charge >= 0.3 is 11.9 Å². The Labute approximate surface area is 152 Å². The first-order chi connectivity index (χ1) is 12.4. The van der Waals surface area contributed by atoms with Gasteiger partial charge in [0.15, 0.2) is 0 Å². The van der Waals surface area contributed by atoms with E-state index in [9.17, 15) is 19.8 Å². The van der Waals surface area contributed by atoms with E-state index in [1.807, 2.05) is 60.7 Å². The molecule has 2 aromatic rings. The maximum absolute atomic E-state index is 11.4. The summed E-state index contributed by atoms with van der Waals surface area (Å²) in [4.78, 5) is 22.7. The molecule has 0 atom stereocenters. The molecule has 0 spiro atoms. The summed E-state index contributed by atoms with van der Waals surface area (Å²) in [5.41, 5.74) is 3.25. The number of hydrogen-bond acceptors (Lipinski definition) is 2. The summed E-state index contributed by atoms with van der Waals surface area (Å²) >= 11 is 0. The minimum atomic E-state index is -1.02. The molecule has 0 amide bonds. The van der Waals surface area contributed by atoms with Crippen molar-refractivity contribution in [2.75, 3.05) is 0 Å². The molecule has 0 aliphatic carbocycles. The smallest absolute Gasteiger partial charge is 0.331 e. The van der Waals surface area contributed by atoms with Gasteiger partial charge in [-0.15, -0.1) is 0 Å². The third-order valence-electron chi connectivity index (χ3n) is 3.86. The van der Waals surface area contributed by atoms with E-state index in [1.165, 1.54) is 13.8 Å². The van der Waals surface area contributed by atoms with Gasteiger partial charge in [-0.3, -0.25) is 0 Å². The van der Waals surface area contributed by atoms with Crippen molar-refractivity contribution in [2.24, 2.45) is 0 Å².